The van der Waals surface area contributed by atoms with E-state index in [0.717, 1.165) is 0 Å². The standard InChI is InChI=1S/C4H5F4NO2/c5-3(4(6,7)8)1-2-9(10)11/h3H,1-2H2. The number of alkyl halides is 4. The summed E-state index contributed by atoms with van der Waals surface area (Å²) in [7, 11) is 0. The lowest BCUT2D eigenvalue weighted by Crippen LogP contribution is -2.26. The van der Waals surface area contributed by atoms with Crippen molar-refractivity contribution >= 4 is 0 Å². The van der Waals surface area contributed by atoms with Crippen molar-refractivity contribution in [3.05, 3.63) is 10.1 Å². The highest BCUT2D eigenvalue weighted by molar-refractivity contribution is 4.64. The molecule has 1 atom stereocenters. The normalized spacial score (nSPS) is 14.5. The van der Waals surface area contributed by atoms with Crippen molar-refractivity contribution in [3.63, 3.8) is 0 Å². The molecule has 0 radical (unpaired) electrons. The lowest BCUT2D eigenvalue weighted by atomic mass is 10.3. The summed E-state index contributed by atoms with van der Waals surface area (Å²) >= 11 is 0. The lowest BCUT2D eigenvalue weighted by molar-refractivity contribution is -0.483. The molecule has 0 amide bonds. The van der Waals surface area contributed by atoms with E-state index in [1.54, 1.807) is 0 Å². The smallest absolute Gasteiger partial charge is 0.265 e. The van der Waals surface area contributed by atoms with Crippen molar-refractivity contribution in [3.8, 4) is 0 Å². The van der Waals surface area contributed by atoms with Crippen LogP contribution < -0.4 is 0 Å². The van der Waals surface area contributed by atoms with Gasteiger partial charge in [0.2, 0.25) is 12.7 Å². The summed E-state index contributed by atoms with van der Waals surface area (Å²) in [6.07, 6.45) is -9.18. The molecular weight excluding hydrogens is 170 g/mol. The molecule has 66 valence electrons. The highest BCUT2D eigenvalue weighted by Gasteiger charge is 2.40. The molecule has 0 aromatic carbocycles. The Morgan fingerprint density at radius 1 is 1.45 bits per heavy atom. The van der Waals surface area contributed by atoms with Gasteiger partial charge in [-0.3, -0.25) is 10.1 Å². The van der Waals surface area contributed by atoms with Gasteiger partial charge in [0, 0.05) is 4.92 Å². The Kier molecular flexibility index (Phi) is 3.21. The van der Waals surface area contributed by atoms with Gasteiger partial charge in [0.25, 0.3) is 0 Å². The van der Waals surface area contributed by atoms with E-state index in [1.807, 2.05) is 0 Å². The number of nitro groups is 1. The fraction of sp³-hybridized carbons (Fsp3) is 1.00. The Morgan fingerprint density at radius 3 is 2.18 bits per heavy atom. The molecular formula is C4H5F4NO2. The molecule has 0 saturated heterocycles. The molecule has 0 bridgehead atoms. The quantitative estimate of drug-likeness (QED) is 0.371. The summed E-state index contributed by atoms with van der Waals surface area (Å²) in [6.45, 7) is -0.999. The number of hydrogen-bond donors (Lipinski definition) is 0. The van der Waals surface area contributed by atoms with Crippen LogP contribution in [0.4, 0.5) is 17.6 Å². The number of halogens is 4. The van der Waals surface area contributed by atoms with Crippen LogP contribution in [-0.2, 0) is 0 Å². The van der Waals surface area contributed by atoms with Crippen molar-refractivity contribution in [1.29, 1.82) is 0 Å². The van der Waals surface area contributed by atoms with Crippen LogP contribution in [0.2, 0.25) is 0 Å². The van der Waals surface area contributed by atoms with E-state index in [-0.39, 0.29) is 0 Å². The van der Waals surface area contributed by atoms with Crippen LogP contribution in [0.5, 0.6) is 0 Å². The fourth-order valence-corrected chi connectivity index (χ4v) is 0.382. The van der Waals surface area contributed by atoms with E-state index in [2.05, 4.69) is 0 Å². The van der Waals surface area contributed by atoms with Crippen LogP contribution in [0.25, 0.3) is 0 Å². The SMILES string of the molecule is O=[N+]([O-])CCC(F)C(F)(F)F. The molecule has 0 aliphatic rings. The van der Waals surface area contributed by atoms with Crippen molar-refractivity contribution in [2.45, 2.75) is 18.8 Å². The maximum absolute atomic E-state index is 11.8. The minimum absolute atomic E-state index is 0.988. The van der Waals surface area contributed by atoms with Crippen LogP contribution in [0, 0.1) is 10.1 Å². The van der Waals surface area contributed by atoms with Crippen LogP contribution in [0.3, 0.4) is 0 Å². The first kappa shape index (κ1) is 10.1. The zero-order valence-corrected chi connectivity index (χ0v) is 5.27. The first-order valence-electron chi connectivity index (χ1n) is 2.66. The molecule has 0 aromatic heterocycles. The highest BCUT2D eigenvalue weighted by Crippen LogP contribution is 2.24. The van der Waals surface area contributed by atoms with Gasteiger partial charge in [0.1, 0.15) is 0 Å². The molecule has 1 unspecified atom stereocenters. The van der Waals surface area contributed by atoms with Gasteiger partial charge < -0.3 is 0 Å². The Balaban J connectivity index is 3.70. The Hall–Kier alpha value is -0.880. The molecule has 0 fully saturated rings. The minimum atomic E-state index is -4.98. The summed E-state index contributed by atoms with van der Waals surface area (Å²) in [5.41, 5.74) is 0. The Bertz CT molecular complexity index is 146. The predicted molar refractivity (Wildman–Crippen MR) is 27.4 cm³/mol. The second-order valence-electron chi connectivity index (χ2n) is 1.85. The molecule has 3 nitrogen and oxygen atoms in total. The summed E-state index contributed by atoms with van der Waals surface area (Å²) in [6, 6.07) is 0. The third kappa shape index (κ3) is 4.51. The molecule has 0 saturated carbocycles. The maximum Gasteiger partial charge on any atom is 0.419 e. The van der Waals surface area contributed by atoms with Crippen LogP contribution in [-0.4, -0.2) is 23.8 Å². The predicted octanol–water partition coefficient (Wildman–Crippen LogP) is 1.55. The first-order chi connectivity index (χ1) is 4.84. The average molecular weight is 175 g/mol. The second-order valence-corrected chi connectivity index (χ2v) is 1.85. The summed E-state index contributed by atoms with van der Waals surface area (Å²) in [4.78, 5) is 8.51. The maximum atomic E-state index is 11.8. The molecule has 0 rings (SSSR count). The molecule has 11 heavy (non-hydrogen) atoms. The van der Waals surface area contributed by atoms with E-state index < -0.39 is 30.2 Å². The molecule has 0 N–H and O–H groups in total. The van der Waals surface area contributed by atoms with Crippen molar-refractivity contribution in [2.75, 3.05) is 6.54 Å². The van der Waals surface area contributed by atoms with E-state index in [1.165, 1.54) is 0 Å². The van der Waals surface area contributed by atoms with Gasteiger partial charge in [-0.2, -0.15) is 13.2 Å². The topological polar surface area (TPSA) is 43.1 Å². The first-order valence-corrected chi connectivity index (χ1v) is 2.66. The number of hydrogen-bond acceptors (Lipinski definition) is 2. The third-order valence-electron chi connectivity index (χ3n) is 0.920. The third-order valence-corrected chi connectivity index (χ3v) is 0.920. The molecule has 0 aromatic rings. The summed E-state index contributed by atoms with van der Waals surface area (Å²) in [5.74, 6) is 0. The summed E-state index contributed by atoms with van der Waals surface area (Å²) in [5, 5.41) is 9.50. The molecule has 0 spiro atoms. The van der Waals surface area contributed by atoms with Crippen molar-refractivity contribution < 1.29 is 22.5 Å². The van der Waals surface area contributed by atoms with Gasteiger partial charge >= 0.3 is 6.18 Å². The van der Waals surface area contributed by atoms with Crippen molar-refractivity contribution in [2.24, 2.45) is 0 Å². The van der Waals surface area contributed by atoms with Crippen LogP contribution in [0.1, 0.15) is 6.42 Å². The molecule has 0 aliphatic carbocycles. The van der Waals surface area contributed by atoms with Gasteiger partial charge in [-0.1, -0.05) is 0 Å². The monoisotopic (exact) mass is 175 g/mol. The Morgan fingerprint density at radius 2 is 1.91 bits per heavy atom. The Labute approximate surface area is 59.1 Å². The zero-order valence-electron chi connectivity index (χ0n) is 5.27. The number of rotatable bonds is 3. The van der Waals surface area contributed by atoms with Gasteiger partial charge in [0.15, 0.2) is 0 Å². The lowest BCUT2D eigenvalue weighted by Gasteiger charge is -2.08. The molecule has 0 aliphatic heterocycles. The van der Waals surface area contributed by atoms with Gasteiger partial charge in [-0.15, -0.1) is 0 Å². The van der Waals surface area contributed by atoms with E-state index in [0.29, 0.717) is 0 Å². The second kappa shape index (κ2) is 3.49. The largest absolute Gasteiger partial charge is 0.419 e. The van der Waals surface area contributed by atoms with E-state index in [4.69, 9.17) is 0 Å². The summed E-state index contributed by atoms with van der Waals surface area (Å²) < 4.78 is 45.7. The highest BCUT2D eigenvalue weighted by atomic mass is 19.4. The van der Waals surface area contributed by atoms with Crippen LogP contribution in [0.15, 0.2) is 0 Å². The van der Waals surface area contributed by atoms with Gasteiger partial charge in [-0.25, -0.2) is 4.39 Å². The van der Waals surface area contributed by atoms with Gasteiger partial charge in [0.05, 0.1) is 6.42 Å². The molecule has 7 heteroatoms. The van der Waals surface area contributed by atoms with E-state index in [9.17, 15) is 27.7 Å². The average Bonchev–Trinajstić information content (AvgIpc) is 1.80. The van der Waals surface area contributed by atoms with Gasteiger partial charge in [-0.05, 0) is 0 Å². The van der Waals surface area contributed by atoms with Crippen LogP contribution >= 0.6 is 0 Å². The van der Waals surface area contributed by atoms with Crippen molar-refractivity contribution in [1.82, 2.24) is 0 Å². The van der Waals surface area contributed by atoms with E-state index >= 15 is 0 Å². The number of nitrogens with zero attached hydrogens (tertiary/aromatic N) is 1. The minimum Gasteiger partial charge on any atom is -0.265 e. The molecule has 0 heterocycles. The fourth-order valence-electron chi connectivity index (χ4n) is 0.382. The zero-order chi connectivity index (χ0) is 9.07.